The summed E-state index contributed by atoms with van der Waals surface area (Å²) >= 11 is 0. The summed E-state index contributed by atoms with van der Waals surface area (Å²) in [5.74, 6) is -2.09. The molecule has 0 amide bonds. The lowest BCUT2D eigenvalue weighted by Gasteiger charge is -2.25. The van der Waals surface area contributed by atoms with Gasteiger partial charge in [-0.15, -0.1) is 0 Å². The monoisotopic (exact) mass is 1340 g/mol. The molecule has 0 aromatic carbocycles. The van der Waals surface area contributed by atoms with Gasteiger partial charge in [-0.25, -0.2) is 4.79 Å². The Morgan fingerprint density at radius 1 is 0.309 bits per heavy atom. The van der Waals surface area contributed by atoms with Gasteiger partial charge in [0.1, 0.15) is 13.2 Å². The standard InChI is InChI=1S/C88H137NO8/c1-6-8-10-12-14-16-18-20-22-24-26-28-30-32-34-36-38-40-41-42-43-44-45-47-48-50-52-54-56-58-60-62-64-66-68-70-72-74-76-78-85(90)95-82-84(83-96-88(87(92)93)94-81-80-89(3,4)5)97-86(91)79-77-75-73-71-69-67-65-63-61-59-57-55-53-51-49-46-39-37-35-33-31-29-27-25-23-21-19-17-15-13-11-9-7-2/h8-11,14-17,20-23,26-29,32-35,38-40,42-43,45-47,51,53,57,59,63,65,69,71,84,88H,6-7,12-13,18-19,24-25,30-31,36-37,41,44,48-50,52,54-56,58,60-62,64,66-68,70,72-83H2,1-5H3/p+1/b10-8-,11-9-,16-14-,17-15-,22-20-,23-21-,28-26-,29-27-,34-32-,35-33-,40-38-,43-42-,46-39-,47-45-,53-51-,59-57-,65-63-,71-69-. The van der Waals surface area contributed by atoms with Crippen molar-refractivity contribution in [2.75, 3.05) is 47.5 Å². The zero-order valence-electron chi connectivity index (χ0n) is 61.9. The van der Waals surface area contributed by atoms with Crippen LogP contribution in [0.25, 0.3) is 0 Å². The molecule has 9 nitrogen and oxygen atoms in total. The third kappa shape index (κ3) is 76.8. The Bertz CT molecular complexity index is 2400. The van der Waals surface area contributed by atoms with Crippen molar-refractivity contribution in [1.29, 1.82) is 0 Å². The van der Waals surface area contributed by atoms with Crippen molar-refractivity contribution in [3.8, 4) is 0 Å². The number of ether oxygens (including phenoxy) is 4. The van der Waals surface area contributed by atoms with Crippen molar-refractivity contribution in [2.45, 2.75) is 270 Å². The number of esters is 2. The van der Waals surface area contributed by atoms with Crippen molar-refractivity contribution in [3.63, 3.8) is 0 Å². The summed E-state index contributed by atoms with van der Waals surface area (Å²) in [6.07, 6.45) is 116. The Kier molecular flexibility index (Phi) is 70.4. The van der Waals surface area contributed by atoms with Crippen LogP contribution in [0.5, 0.6) is 0 Å². The van der Waals surface area contributed by atoms with Gasteiger partial charge in [-0.3, -0.25) is 9.59 Å². The molecule has 542 valence electrons. The van der Waals surface area contributed by atoms with Crippen molar-refractivity contribution in [3.05, 3.63) is 219 Å². The number of aliphatic carboxylic acids is 1. The van der Waals surface area contributed by atoms with E-state index < -0.39 is 24.3 Å². The van der Waals surface area contributed by atoms with E-state index in [-0.39, 0.29) is 38.6 Å². The normalized spacial score (nSPS) is 13.9. The van der Waals surface area contributed by atoms with Gasteiger partial charge in [0.25, 0.3) is 6.29 Å². The highest BCUT2D eigenvalue weighted by atomic mass is 16.7. The molecule has 0 aliphatic heterocycles. The summed E-state index contributed by atoms with van der Waals surface area (Å²) in [6.45, 7) is 4.57. The molecule has 0 heterocycles. The molecule has 0 spiro atoms. The predicted octanol–water partition coefficient (Wildman–Crippen LogP) is 24.5. The summed E-state index contributed by atoms with van der Waals surface area (Å²) in [5, 5.41) is 9.76. The van der Waals surface area contributed by atoms with Gasteiger partial charge in [-0.05, 0) is 154 Å². The van der Waals surface area contributed by atoms with Crippen molar-refractivity contribution >= 4 is 17.9 Å². The van der Waals surface area contributed by atoms with E-state index in [0.29, 0.717) is 17.4 Å². The fraction of sp³-hybridized carbons (Fsp3) is 0.557. The Hall–Kier alpha value is -6.39. The molecule has 0 aromatic rings. The molecule has 0 aromatic heterocycles. The number of carbonyl (C=O) groups excluding carboxylic acids is 2. The van der Waals surface area contributed by atoms with E-state index in [1.54, 1.807) is 0 Å². The second-order valence-electron chi connectivity index (χ2n) is 25.5. The number of unbranched alkanes of at least 4 members (excludes halogenated alkanes) is 16. The number of quaternary nitrogens is 1. The summed E-state index contributed by atoms with van der Waals surface area (Å²) in [4.78, 5) is 37.7. The molecule has 9 heteroatoms. The molecule has 0 saturated heterocycles. The lowest BCUT2D eigenvalue weighted by atomic mass is 10.0. The van der Waals surface area contributed by atoms with Crippen LogP contribution in [-0.2, 0) is 33.3 Å². The molecule has 0 radical (unpaired) electrons. The maximum atomic E-state index is 12.9. The van der Waals surface area contributed by atoms with Crippen molar-refractivity contribution in [1.82, 2.24) is 0 Å². The molecule has 97 heavy (non-hydrogen) atoms. The molecule has 2 atom stereocenters. The molecule has 1 N–H and O–H groups in total. The first-order valence-corrected chi connectivity index (χ1v) is 37.9. The maximum absolute atomic E-state index is 12.9. The van der Waals surface area contributed by atoms with Gasteiger partial charge in [-0.1, -0.05) is 310 Å². The molecular formula is C88H138NO8+. The number of carbonyl (C=O) groups is 3. The minimum absolute atomic E-state index is 0.168. The highest BCUT2D eigenvalue weighted by molar-refractivity contribution is 5.71. The number of rotatable bonds is 67. The number of carboxylic acids is 1. The number of hydrogen-bond acceptors (Lipinski definition) is 7. The van der Waals surface area contributed by atoms with Gasteiger partial charge in [0, 0.05) is 12.8 Å². The van der Waals surface area contributed by atoms with Crippen LogP contribution in [0.3, 0.4) is 0 Å². The minimum atomic E-state index is -1.54. The zero-order chi connectivity index (χ0) is 70.4. The molecule has 0 bridgehead atoms. The number of hydrogen-bond donors (Lipinski definition) is 1. The quantitative estimate of drug-likeness (QED) is 0.0211. The van der Waals surface area contributed by atoms with Crippen LogP contribution >= 0.6 is 0 Å². The smallest absolute Gasteiger partial charge is 0.361 e. The summed E-state index contributed by atoms with van der Waals surface area (Å²) in [6, 6.07) is 0. The highest BCUT2D eigenvalue weighted by Crippen LogP contribution is 2.16. The Labute approximate surface area is 594 Å². The minimum Gasteiger partial charge on any atom is -0.477 e. The largest absolute Gasteiger partial charge is 0.477 e. The summed E-state index contributed by atoms with van der Waals surface area (Å²) in [7, 11) is 5.95. The topological polar surface area (TPSA) is 108 Å². The van der Waals surface area contributed by atoms with E-state index in [9.17, 15) is 19.5 Å². The van der Waals surface area contributed by atoms with E-state index >= 15 is 0 Å². The van der Waals surface area contributed by atoms with E-state index in [2.05, 4.69) is 233 Å². The fourth-order valence-electron chi connectivity index (χ4n) is 9.53. The zero-order valence-corrected chi connectivity index (χ0v) is 61.9. The van der Waals surface area contributed by atoms with Gasteiger partial charge in [0.2, 0.25) is 0 Å². The third-order valence-corrected chi connectivity index (χ3v) is 15.2. The number of likely N-dealkylation sites (N-methyl/N-ethyl adjacent to an activating group) is 1. The maximum Gasteiger partial charge on any atom is 0.361 e. The van der Waals surface area contributed by atoms with E-state index in [4.69, 9.17) is 18.9 Å². The van der Waals surface area contributed by atoms with Crippen LogP contribution in [0, 0.1) is 0 Å². The average molecular weight is 1340 g/mol. The lowest BCUT2D eigenvalue weighted by Crippen LogP contribution is -2.40. The van der Waals surface area contributed by atoms with E-state index in [1.807, 2.05) is 21.1 Å². The van der Waals surface area contributed by atoms with Gasteiger partial charge in [0.15, 0.2) is 6.10 Å². The van der Waals surface area contributed by atoms with Crippen LogP contribution in [0.4, 0.5) is 0 Å². The van der Waals surface area contributed by atoms with Crippen LogP contribution in [0.15, 0.2) is 219 Å². The van der Waals surface area contributed by atoms with Gasteiger partial charge >= 0.3 is 17.9 Å². The lowest BCUT2D eigenvalue weighted by molar-refractivity contribution is -0.870. The molecule has 0 saturated carbocycles. The Balaban J connectivity index is 4.21. The van der Waals surface area contributed by atoms with Crippen LogP contribution in [-0.4, -0.2) is 87.4 Å². The Morgan fingerprint density at radius 3 is 0.845 bits per heavy atom. The summed E-state index contributed by atoms with van der Waals surface area (Å²) < 4.78 is 22.9. The second-order valence-corrected chi connectivity index (χ2v) is 25.5. The first-order valence-electron chi connectivity index (χ1n) is 37.9. The first-order chi connectivity index (χ1) is 47.6. The molecular weight excluding hydrogens is 1200 g/mol. The molecule has 0 aliphatic rings. The molecule has 0 rings (SSSR count). The van der Waals surface area contributed by atoms with Crippen LogP contribution in [0.1, 0.15) is 258 Å². The van der Waals surface area contributed by atoms with E-state index in [0.717, 1.165) is 148 Å². The average Bonchev–Trinajstić information content (AvgIpc) is 2.59. The van der Waals surface area contributed by atoms with Crippen LogP contribution < -0.4 is 0 Å². The number of carboxylic acid groups (broad SMARTS) is 1. The van der Waals surface area contributed by atoms with Gasteiger partial charge in [-0.2, -0.15) is 0 Å². The SMILES string of the molecule is CC/C=C\C/C=C\C/C=C\C/C=C\C/C=C\C/C=C\C/C=C\C/C=C\C/C=C\C/C=C\CCCCC(=O)OC(COC(=O)CCCCCCCCCCCCCCCC/C=C\C/C=C\C/C=C\C/C=C\C/C=C\C/C=C\C/C=C\C/C=C\CC)COC(OCC[N+](C)(C)C)C(=O)O. The van der Waals surface area contributed by atoms with Crippen molar-refractivity contribution in [2.24, 2.45) is 0 Å². The third-order valence-electron chi connectivity index (χ3n) is 15.2. The van der Waals surface area contributed by atoms with Gasteiger partial charge in [0.05, 0.1) is 34.4 Å². The fourth-order valence-corrected chi connectivity index (χ4v) is 9.53. The predicted molar refractivity (Wildman–Crippen MR) is 418 cm³/mol. The number of nitrogens with zero attached hydrogens (tertiary/aromatic N) is 1. The summed E-state index contributed by atoms with van der Waals surface area (Å²) in [5.41, 5.74) is 0. The first kappa shape index (κ1) is 90.6. The van der Waals surface area contributed by atoms with Crippen LogP contribution in [0.2, 0.25) is 0 Å². The Morgan fingerprint density at radius 2 is 0.557 bits per heavy atom. The molecule has 0 fully saturated rings. The van der Waals surface area contributed by atoms with Gasteiger partial charge < -0.3 is 28.5 Å². The second kappa shape index (κ2) is 75.4. The molecule has 0 aliphatic carbocycles. The number of allylic oxidation sites excluding steroid dienone is 36. The van der Waals surface area contributed by atoms with E-state index in [1.165, 1.54) is 77.0 Å². The van der Waals surface area contributed by atoms with Crippen molar-refractivity contribution < 1.29 is 42.9 Å². The highest BCUT2D eigenvalue weighted by Gasteiger charge is 2.25. The molecule has 2 unspecified atom stereocenters.